The van der Waals surface area contributed by atoms with E-state index in [-0.39, 0.29) is 11.9 Å². The molecule has 1 amide bonds. The number of rotatable bonds is 7. The molecule has 1 aliphatic heterocycles. The van der Waals surface area contributed by atoms with Gasteiger partial charge >= 0.3 is 0 Å². The van der Waals surface area contributed by atoms with Gasteiger partial charge in [-0.05, 0) is 54.8 Å². The number of aromatic nitrogens is 2. The van der Waals surface area contributed by atoms with Crippen LogP contribution in [0, 0.1) is 0 Å². The van der Waals surface area contributed by atoms with Gasteiger partial charge in [0.2, 0.25) is 17.6 Å². The number of methoxy groups -OCH3 is 2. The molecule has 1 fully saturated rings. The van der Waals surface area contributed by atoms with E-state index in [9.17, 15) is 4.79 Å². The predicted octanol–water partition coefficient (Wildman–Crippen LogP) is 4.83. The van der Waals surface area contributed by atoms with Crippen molar-refractivity contribution in [2.24, 2.45) is 0 Å². The van der Waals surface area contributed by atoms with E-state index in [1.165, 1.54) is 0 Å². The standard InChI is InChI=1S/C25H29N3O4/c1-30-20-11-7-18(8-12-20)22-6-4-3-5-17-28(22)24(29)16-15-23-26-25(27-32-23)19-9-13-21(31-2)14-10-19/h7-14,22H,3-6,15-17H2,1-2H3. The third kappa shape index (κ3) is 5.10. The summed E-state index contributed by atoms with van der Waals surface area (Å²) in [5.41, 5.74) is 2.00. The quantitative estimate of drug-likeness (QED) is 0.529. The second kappa shape index (κ2) is 10.3. The molecular weight excluding hydrogens is 406 g/mol. The first kappa shape index (κ1) is 21.9. The number of carbonyl (C=O) groups excluding carboxylic acids is 1. The van der Waals surface area contributed by atoms with Crippen LogP contribution in [0.15, 0.2) is 53.1 Å². The largest absolute Gasteiger partial charge is 0.497 e. The number of nitrogens with zero attached hydrogens (tertiary/aromatic N) is 3. The Morgan fingerprint density at radius 3 is 2.38 bits per heavy atom. The Labute approximate surface area is 188 Å². The number of ether oxygens (including phenoxy) is 2. The molecule has 1 saturated heterocycles. The SMILES string of the molecule is COc1ccc(-c2noc(CCC(=O)N3CCCCCC3c3ccc(OC)cc3)n2)cc1. The van der Waals surface area contributed by atoms with Crippen molar-refractivity contribution in [1.29, 1.82) is 0 Å². The van der Waals surface area contributed by atoms with Gasteiger partial charge in [-0.15, -0.1) is 0 Å². The second-order valence-electron chi connectivity index (χ2n) is 7.97. The van der Waals surface area contributed by atoms with E-state index in [0.29, 0.717) is 24.6 Å². The van der Waals surface area contributed by atoms with Crippen molar-refractivity contribution in [2.45, 2.75) is 44.6 Å². The van der Waals surface area contributed by atoms with Crippen molar-refractivity contribution in [1.82, 2.24) is 15.0 Å². The fraction of sp³-hybridized carbons (Fsp3) is 0.400. The molecule has 1 aromatic heterocycles. The zero-order chi connectivity index (χ0) is 22.3. The minimum absolute atomic E-state index is 0.0912. The normalized spacial score (nSPS) is 16.4. The number of aryl methyl sites for hydroxylation is 1. The minimum atomic E-state index is 0.0912. The van der Waals surface area contributed by atoms with Crippen molar-refractivity contribution in [3.63, 3.8) is 0 Å². The van der Waals surface area contributed by atoms with Crippen LogP contribution in [0.25, 0.3) is 11.4 Å². The van der Waals surface area contributed by atoms with Crippen LogP contribution in [-0.2, 0) is 11.2 Å². The van der Waals surface area contributed by atoms with Crippen molar-refractivity contribution >= 4 is 5.91 Å². The van der Waals surface area contributed by atoms with E-state index >= 15 is 0 Å². The van der Waals surface area contributed by atoms with Crippen LogP contribution in [0.4, 0.5) is 0 Å². The summed E-state index contributed by atoms with van der Waals surface area (Å²) in [5, 5.41) is 4.06. The van der Waals surface area contributed by atoms with Gasteiger partial charge in [0, 0.05) is 24.9 Å². The Bertz CT molecular complexity index is 1010. The Morgan fingerprint density at radius 2 is 1.69 bits per heavy atom. The van der Waals surface area contributed by atoms with Crippen LogP contribution in [-0.4, -0.2) is 41.7 Å². The Balaban J connectivity index is 1.41. The molecule has 32 heavy (non-hydrogen) atoms. The highest BCUT2D eigenvalue weighted by Crippen LogP contribution is 2.32. The second-order valence-corrected chi connectivity index (χ2v) is 7.97. The molecule has 1 aliphatic rings. The maximum atomic E-state index is 13.2. The summed E-state index contributed by atoms with van der Waals surface area (Å²) in [6.07, 6.45) is 5.03. The molecule has 0 aliphatic carbocycles. The lowest BCUT2D eigenvalue weighted by molar-refractivity contribution is -0.133. The first-order valence-corrected chi connectivity index (χ1v) is 11.1. The Morgan fingerprint density at radius 1 is 1.00 bits per heavy atom. The Hall–Kier alpha value is -3.35. The molecule has 2 aromatic carbocycles. The van der Waals surface area contributed by atoms with E-state index in [0.717, 1.165) is 54.9 Å². The third-order valence-corrected chi connectivity index (χ3v) is 5.94. The number of benzene rings is 2. The molecule has 3 aromatic rings. The average Bonchev–Trinajstić information content (AvgIpc) is 3.18. The molecule has 168 valence electrons. The third-order valence-electron chi connectivity index (χ3n) is 5.94. The van der Waals surface area contributed by atoms with Gasteiger partial charge in [0.15, 0.2) is 0 Å². The van der Waals surface area contributed by atoms with E-state index in [4.69, 9.17) is 14.0 Å². The van der Waals surface area contributed by atoms with Crippen LogP contribution in [0.5, 0.6) is 11.5 Å². The van der Waals surface area contributed by atoms with Crippen LogP contribution < -0.4 is 9.47 Å². The molecule has 4 rings (SSSR count). The van der Waals surface area contributed by atoms with Crippen molar-refractivity contribution in [3.05, 3.63) is 60.0 Å². The van der Waals surface area contributed by atoms with E-state index in [1.54, 1.807) is 14.2 Å². The highest BCUT2D eigenvalue weighted by atomic mass is 16.5. The molecule has 1 atom stereocenters. The van der Waals surface area contributed by atoms with Crippen molar-refractivity contribution < 1.29 is 18.8 Å². The molecule has 0 spiro atoms. The van der Waals surface area contributed by atoms with Crippen LogP contribution in [0.1, 0.15) is 49.6 Å². The summed E-state index contributed by atoms with van der Waals surface area (Å²) in [6.45, 7) is 0.774. The summed E-state index contributed by atoms with van der Waals surface area (Å²) >= 11 is 0. The maximum absolute atomic E-state index is 13.2. The van der Waals surface area contributed by atoms with Crippen LogP contribution >= 0.6 is 0 Å². The van der Waals surface area contributed by atoms with Crippen LogP contribution in [0.2, 0.25) is 0 Å². The number of carbonyl (C=O) groups is 1. The molecule has 0 N–H and O–H groups in total. The fourth-order valence-electron chi connectivity index (χ4n) is 4.15. The predicted molar refractivity (Wildman–Crippen MR) is 121 cm³/mol. The molecule has 0 radical (unpaired) electrons. The lowest BCUT2D eigenvalue weighted by Crippen LogP contribution is -2.35. The summed E-state index contributed by atoms with van der Waals surface area (Å²) in [6, 6.07) is 15.6. The molecule has 7 nitrogen and oxygen atoms in total. The summed E-state index contributed by atoms with van der Waals surface area (Å²) in [7, 11) is 3.29. The van der Waals surface area contributed by atoms with E-state index in [2.05, 4.69) is 22.3 Å². The van der Waals surface area contributed by atoms with Gasteiger partial charge in [0.25, 0.3) is 0 Å². The number of likely N-dealkylation sites (tertiary alicyclic amines) is 1. The first-order valence-electron chi connectivity index (χ1n) is 11.1. The van der Waals surface area contributed by atoms with Gasteiger partial charge in [0.1, 0.15) is 11.5 Å². The topological polar surface area (TPSA) is 77.7 Å². The minimum Gasteiger partial charge on any atom is -0.497 e. The first-order chi connectivity index (χ1) is 15.7. The molecule has 0 saturated carbocycles. The van der Waals surface area contributed by atoms with Gasteiger partial charge in [0.05, 0.1) is 20.3 Å². The fourth-order valence-corrected chi connectivity index (χ4v) is 4.15. The molecule has 7 heteroatoms. The lowest BCUT2D eigenvalue weighted by Gasteiger charge is -2.30. The zero-order valence-corrected chi connectivity index (χ0v) is 18.6. The number of hydrogen-bond donors (Lipinski definition) is 0. The van der Waals surface area contributed by atoms with Crippen molar-refractivity contribution in [3.8, 4) is 22.9 Å². The van der Waals surface area contributed by atoms with Crippen LogP contribution in [0.3, 0.4) is 0 Å². The van der Waals surface area contributed by atoms with E-state index in [1.807, 2.05) is 41.3 Å². The molecular formula is C25H29N3O4. The number of amides is 1. The highest BCUT2D eigenvalue weighted by Gasteiger charge is 2.27. The highest BCUT2D eigenvalue weighted by molar-refractivity contribution is 5.77. The summed E-state index contributed by atoms with van der Waals surface area (Å²) < 4.78 is 15.9. The lowest BCUT2D eigenvalue weighted by atomic mass is 10.00. The summed E-state index contributed by atoms with van der Waals surface area (Å²) in [5.74, 6) is 2.70. The number of hydrogen-bond acceptors (Lipinski definition) is 6. The van der Waals surface area contributed by atoms with Gasteiger partial charge < -0.3 is 18.9 Å². The monoisotopic (exact) mass is 435 g/mol. The van der Waals surface area contributed by atoms with Gasteiger partial charge in [-0.2, -0.15) is 4.98 Å². The average molecular weight is 436 g/mol. The molecule has 0 bridgehead atoms. The summed E-state index contributed by atoms with van der Waals surface area (Å²) in [4.78, 5) is 19.7. The van der Waals surface area contributed by atoms with Gasteiger partial charge in [-0.25, -0.2) is 0 Å². The molecule has 2 heterocycles. The van der Waals surface area contributed by atoms with E-state index < -0.39 is 0 Å². The maximum Gasteiger partial charge on any atom is 0.227 e. The zero-order valence-electron chi connectivity index (χ0n) is 18.6. The van der Waals surface area contributed by atoms with Gasteiger partial charge in [-0.3, -0.25) is 4.79 Å². The van der Waals surface area contributed by atoms with Gasteiger partial charge in [-0.1, -0.05) is 30.1 Å². The van der Waals surface area contributed by atoms with Crippen molar-refractivity contribution in [2.75, 3.05) is 20.8 Å². The Kier molecular flexibility index (Phi) is 7.04. The smallest absolute Gasteiger partial charge is 0.227 e. The molecule has 1 unspecified atom stereocenters.